The van der Waals surface area contributed by atoms with E-state index in [0.29, 0.717) is 17.7 Å². The Balaban J connectivity index is 0.000000184. The van der Waals surface area contributed by atoms with Gasteiger partial charge in [-0.25, -0.2) is 4.79 Å². The minimum absolute atomic E-state index is 0.340. The summed E-state index contributed by atoms with van der Waals surface area (Å²) < 4.78 is 0. The number of rotatable bonds is 5. The standard InChI is InChI=1S/C15H14O3.C10H19NO/c1-11-7-9-13(10-8-11)15(18,14(16)17)12-5-3-2-4-6-12;12-8-7-11-9-3-1-4-10(11)6-2-5-9/h2-10,18H,1H3,(H,16,17);9-10,12H,1-8H2. The van der Waals surface area contributed by atoms with Crippen molar-refractivity contribution in [1.82, 2.24) is 4.90 Å². The molecule has 2 aliphatic rings. The number of aliphatic carboxylic acids is 1. The van der Waals surface area contributed by atoms with Gasteiger partial charge in [-0.2, -0.15) is 0 Å². The van der Waals surface area contributed by atoms with Crippen molar-refractivity contribution >= 4 is 5.97 Å². The Morgan fingerprint density at radius 1 is 0.933 bits per heavy atom. The third-order valence-corrected chi connectivity index (χ3v) is 6.42. The number of hydrogen-bond acceptors (Lipinski definition) is 4. The van der Waals surface area contributed by atoms with Gasteiger partial charge in [0.25, 0.3) is 0 Å². The Kier molecular flexibility index (Phi) is 7.64. The maximum Gasteiger partial charge on any atom is 0.345 e. The summed E-state index contributed by atoms with van der Waals surface area (Å²) in [5.41, 5.74) is -0.290. The Labute approximate surface area is 179 Å². The van der Waals surface area contributed by atoms with Gasteiger partial charge in [0.2, 0.25) is 5.60 Å². The molecular formula is C25H33NO4. The molecule has 162 valence electrons. The van der Waals surface area contributed by atoms with E-state index in [2.05, 4.69) is 4.90 Å². The molecule has 30 heavy (non-hydrogen) atoms. The predicted molar refractivity (Wildman–Crippen MR) is 117 cm³/mol. The smallest absolute Gasteiger partial charge is 0.345 e. The van der Waals surface area contributed by atoms with E-state index in [9.17, 15) is 15.0 Å². The van der Waals surface area contributed by atoms with Gasteiger partial charge in [0, 0.05) is 18.6 Å². The largest absolute Gasteiger partial charge is 0.479 e. The van der Waals surface area contributed by atoms with Gasteiger partial charge in [0.05, 0.1) is 6.61 Å². The monoisotopic (exact) mass is 411 g/mol. The van der Waals surface area contributed by atoms with Gasteiger partial charge in [-0.05, 0) is 43.7 Å². The Bertz CT molecular complexity index is 786. The molecule has 5 nitrogen and oxygen atoms in total. The van der Waals surface area contributed by atoms with Crippen LogP contribution in [-0.2, 0) is 10.4 Å². The van der Waals surface area contributed by atoms with Crippen molar-refractivity contribution in [3.63, 3.8) is 0 Å². The highest BCUT2D eigenvalue weighted by molar-refractivity contribution is 5.83. The van der Waals surface area contributed by atoms with Gasteiger partial charge in [-0.3, -0.25) is 4.90 Å². The fraction of sp³-hybridized carbons (Fsp3) is 0.480. The number of aliphatic hydroxyl groups excluding tert-OH is 1. The highest BCUT2D eigenvalue weighted by atomic mass is 16.4. The summed E-state index contributed by atoms with van der Waals surface area (Å²) in [6, 6.07) is 16.9. The molecule has 0 aliphatic carbocycles. The molecule has 2 fully saturated rings. The van der Waals surface area contributed by atoms with Crippen molar-refractivity contribution in [3.05, 3.63) is 71.3 Å². The number of benzene rings is 2. The first-order chi connectivity index (χ1) is 14.5. The van der Waals surface area contributed by atoms with E-state index in [0.717, 1.165) is 24.2 Å². The van der Waals surface area contributed by atoms with E-state index in [1.165, 1.54) is 38.5 Å². The van der Waals surface area contributed by atoms with E-state index in [1.807, 2.05) is 6.92 Å². The topological polar surface area (TPSA) is 81.0 Å². The fourth-order valence-corrected chi connectivity index (χ4v) is 4.80. The average molecular weight is 412 g/mol. The summed E-state index contributed by atoms with van der Waals surface area (Å²) in [5, 5.41) is 28.8. The number of nitrogens with zero attached hydrogens (tertiary/aromatic N) is 1. The van der Waals surface area contributed by atoms with Gasteiger partial charge < -0.3 is 15.3 Å². The molecule has 1 atom stereocenters. The van der Waals surface area contributed by atoms with Crippen LogP contribution in [0.2, 0.25) is 0 Å². The summed E-state index contributed by atoms with van der Waals surface area (Å²) in [6.07, 6.45) is 8.31. The molecule has 4 rings (SSSR count). The lowest BCUT2D eigenvalue weighted by Gasteiger charge is -2.46. The van der Waals surface area contributed by atoms with Crippen LogP contribution in [0.1, 0.15) is 55.2 Å². The second-order valence-electron chi connectivity index (χ2n) is 8.38. The van der Waals surface area contributed by atoms with Gasteiger partial charge in [0.15, 0.2) is 0 Å². The van der Waals surface area contributed by atoms with Crippen LogP contribution >= 0.6 is 0 Å². The van der Waals surface area contributed by atoms with Crippen LogP contribution in [0.25, 0.3) is 0 Å². The van der Waals surface area contributed by atoms with E-state index in [1.54, 1.807) is 54.6 Å². The van der Waals surface area contributed by atoms with Crippen LogP contribution in [0.4, 0.5) is 0 Å². The minimum atomic E-state index is -2.01. The highest BCUT2D eigenvalue weighted by Crippen LogP contribution is 2.33. The molecule has 0 radical (unpaired) electrons. The third-order valence-electron chi connectivity index (χ3n) is 6.42. The zero-order valence-corrected chi connectivity index (χ0v) is 17.7. The van der Waals surface area contributed by atoms with E-state index >= 15 is 0 Å². The molecule has 1 unspecified atom stereocenters. The van der Waals surface area contributed by atoms with Crippen molar-refractivity contribution in [2.24, 2.45) is 0 Å². The predicted octanol–water partition coefficient (Wildman–Crippen LogP) is 3.70. The molecule has 2 aromatic carbocycles. The molecule has 0 saturated carbocycles. The number of piperidine rings is 2. The van der Waals surface area contributed by atoms with Gasteiger partial charge >= 0.3 is 5.97 Å². The number of aliphatic hydroxyl groups is 2. The van der Waals surface area contributed by atoms with Crippen LogP contribution in [0.3, 0.4) is 0 Å². The minimum Gasteiger partial charge on any atom is -0.479 e. The molecule has 2 aliphatic heterocycles. The molecule has 0 amide bonds. The lowest BCUT2D eigenvalue weighted by molar-refractivity contribution is -0.155. The lowest BCUT2D eigenvalue weighted by atomic mass is 9.84. The van der Waals surface area contributed by atoms with Crippen LogP contribution < -0.4 is 0 Å². The summed E-state index contributed by atoms with van der Waals surface area (Å²) >= 11 is 0. The van der Waals surface area contributed by atoms with Gasteiger partial charge in [-0.1, -0.05) is 73.0 Å². The van der Waals surface area contributed by atoms with Crippen molar-refractivity contribution in [2.75, 3.05) is 13.2 Å². The van der Waals surface area contributed by atoms with Crippen molar-refractivity contribution in [3.8, 4) is 0 Å². The van der Waals surface area contributed by atoms with E-state index < -0.39 is 11.6 Å². The first-order valence-corrected chi connectivity index (χ1v) is 10.9. The van der Waals surface area contributed by atoms with Crippen molar-refractivity contribution in [1.29, 1.82) is 0 Å². The average Bonchev–Trinajstić information content (AvgIpc) is 2.75. The molecule has 2 aromatic rings. The quantitative estimate of drug-likeness (QED) is 0.699. The molecular weight excluding hydrogens is 378 g/mol. The van der Waals surface area contributed by atoms with Crippen LogP contribution in [0.5, 0.6) is 0 Å². The normalized spacial score (nSPS) is 23.0. The Morgan fingerprint density at radius 3 is 1.90 bits per heavy atom. The number of aryl methyl sites for hydroxylation is 1. The summed E-state index contributed by atoms with van der Waals surface area (Å²) in [7, 11) is 0. The third kappa shape index (κ3) is 4.91. The fourth-order valence-electron chi connectivity index (χ4n) is 4.80. The number of hydrogen-bond donors (Lipinski definition) is 3. The zero-order valence-electron chi connectivity index (χ0n) is 17.7. The van der Waals surface area contributed by atoms with Gasteiger partial charge in [0.1, 0.15) is 0 Å². The Morgan fingerprint density at radius 2 is 1.43 bits per heavy atom. The zero-order chi connectivity index (χ0) is 21.6. The second-order valence-corrected chi connectivity index (χ2v) is 8.38. The SMILES string of the molecule is Cc1ccc(C(O)(C(=O)O)c2ccccc2)cc1.OCCN1C2CCCC1CCC2. The van der Waals surface area contributed by atoms with Crippen molar-refractivity contribution in [2.45, 2.75) is 63.1 Å². The van der Waals surface area contributed by atoms with Crippen molar-refractivity contribution < 1.29 is 20.1 Å². The highest BCUT2D eigenvalue weighted by Gasteiger charge is 2.39. The first kappa shape index (κ1) is 22.5. The molecule has 3 N–H and O–H groups in total. The summed E-state index contributed by atoms with van der Waals surface area (Å²) in [4.78, 5) is 14.0. The van der Waals surface area contributed by atoms with Gasteiger partial charge in [-0.15, -0.1) is 0 Å². The van der Waals surface area contributed by atoms with E-state index in [4.69, 9.17) is 5.11 Å². The van der Waals surface area contributed by atoms with Crippen LogP contribution in [-0.4, -0.2) is 51.4 Å². The molecule has 2 saturated heterocycles. The molecule has 2 heterocycles. The summed E-state index contributed by atoms with van der Waals surface area (Å²) in [5.74, 6) is -1.28. The summed E-state index contributed by atoms with van der Waals surface area (Å²) in [6.45, 7) is 3.16. The van der Waals surface area contributed by atoms with E-state index in [-0.39, 0.29) is 0 Å². The molecule has 5 heteroatoms. The maximum absolute atomic E-state index is 11.5. The molecule has 0 spiro atoms. The number of carboxylic acid groups (broad SMARTS) is 1. The number of carboxylic acids is 1. The second kappa shape index (κ2) is 10.2. The molecule has 0 aromatic heterocycles. The van der Waals surface area contributed by atoms with Crippen LogP contribution in [0, 0.1) is 6.92 Å². The van der Waals surface area contributed by atoms with Crippen LogP contribution in [0.15, 0.2) is 54.6 Å². The Hall–Kier alpha value is -2.21. The number of fused-ring (bicyclic) bond motifs is 2. The molecule has 2 bridgehead atoms. The first-order valence-electron chi connectivity index (χ1n) is 10.9. The number of carbonyl (C=O) groups is 1. The maximum atomic E-state index is 11.5. The lowest BCUT2D eigenvalue weighted by Crippen LogP contribution is -2.50.